The van der Waals surface area contributed by atoms with E-state index < -0.39 is 10.0 Å². The average Bonchev–Trinajstić information content (AvgIpc) is 3.22. The Morgan fingerprint density at radius 3 is 2.48 bits per heavy atom. The Kier molecular flexibility index (Phi) is 5.82. The van der Waals surface area contributed by atoms with Crippen molar-refractivity contribution in [1.29, 1.82) is 0 Å². The van der Waals surface area contributed by atoms with Crippen LogP contribution in [0.2, 0.25) is 0 Å². The van der Waals surface area contributed by atoms with Crippen molar-refractivity contribution < 1.29 is 13.2 Å². The molecule has 1 amide bonds. The molecular formula is C20H25N3O3S. The molecule has 6 nitrogen and oxygen atoms in total. The third kappa shape index (κ3) is 4.48. The quantitative estimate of drug-likeness (QED) is 0.827. The van der Waals surface area contributed by atoms with Crippen molar-refractivity contribution in [2.45, 2.75) is 24.3 Å². The van der Waals surface area contributed by atoms with E-state index in [9.17, 15) is 13.2 Å². The van der Waals surface area contributed by atoms with Crippen LogP contribution in [-0.2, 0) is 16.6 Å². The number of nitrogens with one attached hydrogen (secondary N) is 1. The molecule has 0 unspecified atom stereocenters. The molecule has 0 aromatic heterocycles. The van der Waals surface area contributed by atoms with Gasteiger partial charge in [-0.15, -0.1) is 0 Å². The van der Waals surface area contributed by atoms with Gasteiger partial charge >= 0.3 is 0 Å². The summed E-state index contributed by atoms with van der Waals surface area (Å²) >= 11 is 0. The minimum atomic E-state index is -3.53. The fourth-order valence-electron chi connectivity index (χ4n) is 3.10. The standard InChI is InChI=1S/C20H25N3O3S/c1-22(2)18-9-5-7-16(13-18)15-21-20(24)17-8-6-10-19(14-17)27(25,26)23-11-3-4-12-23/h5-10,13-14H,3-4,11-12,15H2,1-2H3,(H,21,24). The summed E-state index contributed by atoms with van der Waals surface area (Å²) in [6, 6.07) is 14.2. The van der Waals surface area contributed by atoms with Gasteiger partial charge in [-0.3, -0.25) is 4.79 Å². The number of nitrogens with zero attached hydrogens (tertiary/aromatic N) is 2. The Hall–Kier alpha value is -2.38. The maximum absolute atomic E-state index is 12.7. The molecule has 144 valence electrons. The Morgan fingerprint density at radius 1 is 1.07 bits per heavy atom. The summed E-state index contributed by atoms with van der Waals surface area (Å²) < 4.78 is 26.8. The van der Waals surface area contributed by atoms with Gasteiger partial charge in [0.05, 0.1) is 4.90 Å². The van der Waals surface area contributed by atoms with Crippen LogP contribution in [0.25, 0.3) is 0 Å². The van der Waals surface area contributed by atoms with E-state index in [0.29, 0.717) is 25.2 Å². The van der Waals surface area contributed by atoms with Crippen LogP contribution in [-0.4, -0.2) is 45.8 Å². The van der Waals surface area contributed by atoms with E-state index in [1.54, 1.807) is 18.2 Å². The van der Waals surface area contributed by atoms with Gasteiger partial charge in [-0.1, -0.05) is 18.2 Å². The predicted octanol–water partition coefficient (Wildman–Crippen LogP) is 2.47. The number of carbonyl (C=O) groups excluding carboxylic acids is 1. The van der Waals surface area contributed by atoms with Gasteiger partial charge in [-0.25, -0.2) is 8.42 Å². The number of sulfonamides is 1. The highest BCUT2D eigenvalue weighted by Crippen LogP contribution is 2.21. The zero-order valence-electron chi connectivity index (χ0n) is 15.7. The number of benzene rings is 2. The minimum absolute atomic E-state index is 0.173. The van der Waals surface area contributed by atoms with E-state index in [-0.39, 0.29) is 10.8 Å². The van der Waals surface area contributed by atoms with Crippen LogP contribution in [0.4, 0.5) is 5.69 Å². The lowest BCUT2D eigenvalue weighted by Gasteiger charge is -2.16. The lowest BCUT2D eigenvalue weighted by atomic mass is 10.1. The summed E-state index contributed by atoms with van der Waals surface area (Å²) in [6.07, 6.45) is 1.76. The second-order valence-electron chi connectivity index (χ2n) is 6.89. The van der Waals surface area contributed by atoms with Gasteiger partial charge in [-0.05, 0) is 48.7 Å². The van der Waals surface area contributed by atoms with E-state index in [4.69, 9.17) is 0 Å². The average molecular weight is 388 g/mol. The molecule has 0 saturated carbocycles. The van der Waals surface area contributed by atoms with E-state index in [1.807, 2.05) is 43.3 Å². The first-order valence-corrected chi connectivity index (χ1v) is 10.5. The number of rotatable bonds is 6. The summed E-state index contributed by atoms with van der Waals surface area (Å²) in [5, 5.41) is 2.86. The molecule has 2 aromatic carbocycles. The second kappa shape index (κ2) is 8.10. The molecule has 1 aliphatic rings. The number of hydrogen-bond donors (Lipinski definition) is 1. The molecule has 2 aromatic rings. The fourth-order valence-corrected chi connectivity index (χ4v) is 4.67. The Balaban J connectivity index is 1.71. The molecule has 1 heterocycles. The summed E-state index contributed by atoms with van der Waals surface area (Å²) in [6.45, 7) is 1.46. The number of hydrogen-bond acceptors (Lipinski definition) is 4. The first-order valence-electron chi connectivity index (χ1n) is 9.02. The van der Waals surface area contributed by atoms with Crippen LogP contribution in [0.1, 0.15) is 28.8 Å². The van der Waals surface area contributed by atoms with Crippen LogP contribution in [0.5, 0.6) is 0 Å². The number of amides is 1. The molecule has 1 N–H and O–H groups in total. The van der Waals surface area contributed by atoms with Crippen LogP contribution in [0.15, 0.2) is 53.4 Å². The Bertz CT molecular complexity index is 920. The van der Waals surface area contributed by atoms with Crippen molar-refractivity contribution in [3.8, 4) is 0 Å². The largest absolute Gasteiger partial charge is 0.378 e. The molecule has 1 aliphatic heterocycles. The zero-order chi connectivity index (χ0) is 19.4. The second-order valence-corrected chi connectivity index (χ2v) is 8.82. The summed E-state index contributed by atoms with van der Waals surface area (Å²) in [5.74, 6) is -0.288. The van der Waals surface area contributed by atoms with Crippen LogP contribution < -0.4 is 10.2 Å². The predicted molar refractivity (Wildman–Crippen MR) is 106 cm³/mol. The lowest BCUT2D eigenvalue weighted by Crippen LogP contribution is -2.28. The topological polar surface area (TPSA) is 69.7 Å². The first kappa shape index (κ1) is 19.4. The normalized spacial score (nSPS) is 14.9. The van der Waals surface area contributed by atoms with Gasteiger partial charge in [0.15, 0.2) is 0 Å². The summed E-state index contributed by atoms with van der Waals surface area (Å²) in [4.78, 5) is 14.7. The van der Waals surface area contributed by atoms with E-state index in [1.165, 1.54) is 10.4 Å². The highest BCUT2D eigenvalue weighted by molar-refractivity contribution is 7.89. The molecule has 0 radical (unpaired) electrons. The number of anilines is 1. The third-order valence-electron chi connectivity index (χ3n) is 4.68. The molecule has 0 spiro atoms. The van der Waals surface area contributed by atoms with Gasteiger partial charge in [-0.2, -0.15) is 4.31 Å². The first-order chi connectivity index (χ1) is 12.9. The maximum atomic E-state index is 12.7. The van der Waals surface area contributed by atoms with Crippen molar-refractivity contribution in [2.24, 2.45) is 0 Å². The van der Waals surface area contributed by atoms with E-state index in [2.05, 4.69) is 5.32 Å². The summed E-state index contributed by atoms with van der Waals surface area (Å²) in [7, 11) is 0.395. The molecule has 1 fully saturated rings. The van der Waals surface area contributed by atoms with Gasteiger partial charge in [0.25, 0.3) is 5.91 Å². The number of carbonyl (C=O) groups is 1. The Morgan fingerprint density at radius 2 is 1.78 bits per heavy atom. The molecule has 0 aliphatic carbocycles. The zero-order valence-corrected chi connectivity index (χ0v) is 16.5. The lowest BCUT2D eigenvalue weighted by molar-refractivity contribution is 0.0950. The van der Waals surface area contributed by atoms with Gasteiger partial charge in [0, 0.05) is 45.0 Å². The monoisotopic (exact) mass is 387 g/mol. The SMILES string of the molecule is CN(C)c1cccc(CNC(=O)c2cccc(S(=O)(=O)N3CCCC3)c2)c1. The van der Waals surface area contributed by atoms with Gasteiger partial charge < -0.3 is 10.2 Å². The van der Waals surface area contributed by atoms with Crippen LogP contribution >= 0.6 is 0 Å². The highest BCUT2D eigenvalue weighted by Gasteiger charge is 2.27. The van der Waals surface area contributed by atoms with Crippen molar-refractivity contribution in [3.05, 3.63) is 59.7 Å². The smallest absolute Gasteiger partial charge is 0.251 e. The maximum Gasteiger partial charge on any atom is 0.251 e. The Labute approximate surface area is 160 Å². The van der Waals surface area contributed by atoms with Crippen LogP contribution in [0, 0.1) is 0 Å². The molecule has 27 heavy (non-hydrogen) atoms. The highest BCUT2D eigenvalue weighted by atomic mass is 32.2. The van der Waals surface area contributed by atoms with Crippen molar-refractivity contribution >= 4 is 21.6 Å². The molecule has 0 atom stereocenters. The third-order valence-corrected chi connectivity index (χ3v) is 6.57. The minimum Gasteiger partial charge on any atom is -0.378 e. The molecule has 1 saturated heterocycles. The van der Waals surface area contributed by atoms with Gasteiger partial charge in [0.2, 0.25) is 10.0 Å². The summed E-state index contributed by atoms with van der Waals surface area (Å²) in [5.41, 5.74) is 2.38. The van der Waals surface area contributed by atoms with E-state index >= 15 is 0 Å². The van der Waals surface area contributed by atoms with Crippen LogP contribution in [0.3, 0.4) is 0 Å². The molecule has 3 rings (SSSR count). The molecule has 0 bridgehead atoms. The van der Waals surface area contributed by atoms with Crippen molar-refractivity contribution in [3.63, 3.8) is 0 Å². The fraction of sp³-hybridized carbons (Fsp3) is 0.350. The van der Waals surface area contributed by atoms with E-state index in [0.717, 1.165) is 24.1 Å². The molecular weight excluding hydrogens is 362 g/mol. The molecule has 7 heteroatoms. The van der Waals surface area contributed by atoms with Crippen molar-refractivity contribution in [2.75, 3.05) is 32.1 Å². The van der Waals surface area contributed by atoms with Gasteiger partial charge in [0.1, 0.15) is 0 Å². The van der Waals surface area contributed by atoms with Crippen molar-refractivity contribution in [1.82, 2.24) is 9.62 Å².